The number of nitrogens with zero attached hydrogens (tertiary/aromatic N) is 1. The third-order valence-corrected chi connectivity index (χ3v) is 4.99. The number of anilines is 1. The molecule has 1 amide bonds. The SMILES string of the molecule is CCO[C@]1(C(=O)Nc2ccc(OC)c3ncccc23)CCC[C@H](C)C1. The van der Waals surface area contributed by atoms with E-state index < -0.39 is 5.60 Å². The van der Waals surface area contributed by atoms with Crippen molar-refractivity contribution in [1.82, 2.24) is 4.98 Å². The Labute approximate surface area is 148 Å². The van der Waals surface area contributed by atoms with Gasteiger partial charge in [0.1, 0.15) is 16.9 Å². The number of hydrogen-bond acceptors (Lipinski definition) is 4. The smallest absolute Gasteiger partial charge is 0.256 e. The molecule has 1 aliphatic rings. The van der Waals surface area contributed by atoms with E-state index in [2.05, 4.69) is 17.2 Å². The molecule has 3 rings (SSSR count). The number of hydrogen-bond donors (Lipinski definition) is 1. The third-order valence-electron chi connectivity index (χ3n) is 4.99. The van der Waals surface area contributed by atoms with Crippen LogP contribution in [0.15, 0.2) is 30.5 Å². The molecule has 0 saturated heterocycles. The molecule has 25 heavy (non-hydrogen) atoms. The highest BCUT2D eigenvalue weighted by Gasteiger charge is 2.42. The third kappa shape index (κ3) is 3.47. The molecule has 0 aliphatic heterocycles. The van der Waals surface area contributed by atoms with Crippen molar-refractivity contribution in [2.45, 2.75) is 45.1 Å². The van der Waals surface area contributed by atoms with Crippen LogP contribution in [0.2, 0.25) is 0 Å². The van der Waals surface area contributed by atoms with Gasteiger partial charge in [0.2, 0.25) is 0 Å². The molecule has 5 heteroatoms. The van der Waals surface area contributed by atoms with Gasteiger partial charge in [0.15, 0.2) is 0 Å². The minimum absolute atomic E-state index is 0.0591. The maximum absolute atomic E-state index is 13.1. The number of methoxy groups -OCH3 is 1. The van der Waals surface area contributed by atoms with E-state index >= 15 is 0 Å². The highest BCUT2D eigenvalue weighted by Crippen LogP contribution is 2.37. The fourth-order valence-electron chi connectivity index (χ4n) is 3.84. The van der Waals surface area contributed by atoms with E-state index in [4.69, 9.17) is 9.47 Å². The van der Waals surface area contributed by atoms with Crippen LogP contribution in [-0.4, -0.2) is 30.2 Å². The Morgan fingerprint density at radius 1 is 1.40 bits per heavy atom. The molecule has 1 N–H and O–H groups in total. The molecule has 1 heterocycles. The van der Waals surface area contributed by atoms with E-state index in [0.29, 0.717) is 18.3 Å². The van der Waals surface area contributed by atoms with E-state index in [1.807, 2.05) is 31.2 Å². The Kier molecular flexibility index (Phi) is 5.23. The van der Waals surface area contributed by atoms with E-state index in [0.717, 1.165) is 42.3 Å². The Morgan fingerprint density at radius 2 is 2.24 bits per heavy atom. The first kappa shape index (κ1) is 17.7. The zero-order valence-electron chi connectivity index (χ0n) is 15.2. The summed E-state index contributed by atoms with van der Waals surface area (Å²) >= 11 is 0. The lowest BCUT2D eigenvalue weighted by atomic mass is 9.78. The minimum atomic E-state index is -0.735. The van der Waals surface area contributed by atoms with Gasteiger partial charge in [0, 0.05) is 18.2 Å². The number of nitrogens with one attached hydrogen (secondary N) is 1. The molecule has 1 aromatic carbocycles. The highest BCUT2D eigenvalue weighted by molar-refractivity contribution is 6.05. The zero-order chi connectivity index (χ0) is 17.9. The zero-order valence-corrected chi connectivity index (χ0v) is 15.2. The fourth-order valence-corrected chi connectivity index (χ4v) is 3.84. The summed E-state index contributed by atoms with van der Waals surface area (Å²) in [5.74, 6) is 1.12. The fraction of sp³-hybridized carbons (Fsp3) is 0.500. The number of aromatic nitrogens is 1. The first-order chi connectivity index (χ1) is 12.1. The molecule has 0 unspecified atom stereocenters. The monoisotopic (exact) mass is 342 g/mol. The first-order valence-electron chi connectivity index (χ1n) is 8.97. The van der Waals surface area contributed by atoms with Crippen molar-refractivity contribution >= 4 is 22.5 Å². The number of carbonyl (C=O) groups excluding carboxylic acids is 1. The van der Waals surface area contributed by atoms with Crippen molar-refractivity contribution in [3.63, 3.8) is 0 Å². The summed E-state index contributed by atoms with van der Waals surface area (Å²) in [5, 5.41) is 3.96. The van der Waals surface area contributed by atoms with Gasteiger partial charge in [-0.1, -0.05) is 13.3 Å². The summed E-state index contributed by atoms with van der Waals surface area (Å²) in [6.45, 7) is 4.67. The number of carbonyl (C=O) groups is 1. The van der Waals surface area contributed by atoms with E-state index in [9.17, 15) is 4.79 Å². The molecule has 134 valence electrons. The molecular weight excluding hydrogens is 316 g/mol. The van der Waals surface area contributed by atoms with Crippen LogP contribution in [0.5, 0.6) is 5.75 Å². The van der Waals surface area contributed by atoms with Crippen LogP contribution in [0.1, 0.15) is 39.5 Å². The summed E-state index contributed by atoms with van der Waals surface area (Å²) < 4.78 is 11.4. The predicted octanol–water partition coefficient (Wildman–Crippen LogP) is 4.17. The van der Waals surface area contributed by atoms with E-state index in [1.54, 1.807) is 13.3 Å². The Bertz CT molecular complexity index is 758. The molecule has 1 aliphatic carbocycles. The largest absolute Gasteiger partial charge is 0.494 e. The maximum Gasteiger partial charge on any atom is 0.256 e. The summed E-state index contributed by atoms with van der Waals surface area (Å²) in [6, 6.07) is 7.50. The van der Waals surface area contributed by atoms with Crippen molar-refractivity contribution in [1.29, 1.82) is 0 Å². The summed E-state index contributed by atoms with van der Waals surface area (Å²) in [4.78, 5) is 17.5. The maximum atomic E-state index is 13.1. The van der Waals surface area contributed by atoms with Gasteiger partial charge in [0.05, 0.1) is 12.8 Å². The topological polar surface area (TPSA) is 60.5 Å². The van der Waals surface area contributed by atoms with E-state index in [1.165, 1.54) is 0 Å². The number of pyridine rings is 1. The lowest BCUT2D eigenvalue weighted by molar-refractivity contribution is -0.147. The summed E-state index contributed by atoms with van der Waals surface area (Å²) in [6.07, 6.45) is 5.42. The van der Waals surface area contributed by atoms with Crippen LogP contribution < -0.4 is 10.1 Å². The number of benzene rings is 1. The normalized spacial score (nSPS) is 23.4. The molecule has 0 bridgehead atoms. The van der Waals surface area contributed by atoms with Crippen LogP contribution in [0, 0.1) is 5.92 Å². The summed E-state index contributed by atoms with van der Waals surface area (Å²) in [5.41, 5.74) is 0.748. The second kappa shape index (κ2) is 7.40. The number of amides is 1. The molecule has 0 spiro atoms. The molecule has 1 fully saturated rings. The van der Waals surface area contributed by atoms with Crippen LogP contribution in [0.3, 0.4) is 0 Å². The van der Waals surface area contributed by atoms with Gasteiger partial charge >= 0.3 is 0 Å². The molecule has 2 aromatic rings. The van der Waals surface area contributed by atoms with Gasteiger partial charge in [-0.2, -0.15) is 0 Å². The lowest BCUT2D eigenvalue weighted by Gasteiger charge is -2.38. The van der Waals surface area contributed by atoms with Gasteiger partial charge in [-0.25, -0.2) is 0 Å². The molecule has 1 aromatic heterocycles. The second-order valence-electron chi connectivity index (χ2n) is 6.80. The molecule has 0 radical (unpaired) electrons. The Balaban J connectivity index is 1.93. The number of ether oxygens (including phenoxy) is 2. The number of fused-ring (bicyclic) bond motifs is 1. The Hall–Kier alpha value is -2.14. The van der Waals surface area contributed by atoms with Crippen molar-refractivity contribution in [2.24, 2.45) is 5.92 Å². The quantitative estimate of drug-likeness (QED) is 0.886. The standard InChI is InChI=1S/C20H26N2O3/c1-4-25-20(11-5-7-14(2)13-20)19(23)22-16-9-10-17(24-3)18-15(16)8-6-12-21-18/h6,8-10,12,14H,4-5,7,11,13H2,1-3H3,(H,22,23)/t14-,20+/m0/s1. The van der Waals surface area contributed by atoms with Gasteiger partial charge in [0.25, 0.3) is 5.91 Å². The average molecular weight is 342 g/mol. The Morgan fingerprint density at radius 3 is 2.96 bits per heavy atom. The lowest BCUT2D eigenvalue weighted by Crippen LogP contribution is -2.48. The van der Waals surface area contributed by atoms with Crippen molar-refractivity contribution in [3.05, 3.63) is 30.5 Å². The average Bonchev–Trinajstić information content (AvgIpc) is 2.62. The van der Waals surface area contributed by atoms with Crippen molar-refractivity contribution in [3.8, 4) is 5.75 Å². The van der Waals surface area contributed by atoms with Crippen LogP contribution >= 0.6 is 0 Å². The van der Waals surface area contributed by atoms with Gasteiger partial charge in [-0.3, -0.25) is 9.78 Å². The molecule has 2 atom stereocenters. The highest BCUT2D eigenvalue weighted by atomic mass is 16.5. The summed E-state index contributed by atoms with van der Waals surface area (Å²) in [7, 11) is 1.62. The first-order valence-corrected chi connectivity index (χ1v) is 8.97. The predicted molar refractivity (Wildman–Crippen MR) is 98.9 cm³/mol. The minimum Gasteiger partial charge on any atom is -0.494 e. The van der Waals surface area contributed by atoms with Crippen LogP contribution in [0.4, 0.5) is 5.69 Å². The van der Waals surface area contributed by atoms with E-state index in [-0.39, 0.29) is 5.91 Å². The number of rotatable bonds is 5. The molecule has 5 nitrogen and oxygen atoms in total. The van der Waals surface area contributed by atoms with Gasteiger partial charge in [-0.05, 0) is 56.4 Å². The second-order valence-corrected chi connectivity index (χ2v) is 6.80. The van der Waals surface area contributed by atoms with Gasteiger partial charge < -0.3 is 14.8 Å². The van der Waals surface area contributed by atoms with Crippen LogP contribution in [-0.2, 0) is 9.53 Å². The van der Waals surface area contributed by atoms with Crippen molar-refractivity contribution in [2.75, 3.05) is 19.0 Å². The van der Waals surface area contributed by atoms with Crippen LogP contribution in [0.25, 0.3) is 10.9 Å². The van der Waals surface area contributed by atoms with Gasteiger partial charge in [-0.15, -0.1) is 0 Å². The molecular formula is C20H26N2O3. The van der Waals surface area contributed by atoms with Crippen molar-refractivity contribution < 1.29 is 14.3 Å². The molecule has 1 saturated carbocycles.